The van der Waals surface area contributed by atoms with Gasteiger partial charge in [0.15, 0.2) is 0 Å². The average molecular weight is 343 g/mol. The molecule has 1 saturated heterocycles. The number of rotatable bonds is 3. The summed E-state index contributed by atoms with van der Waals surface area (Å²) < 4.78 is 0. The summed E-state index contributed by atoms with van der Waals surface area (Å²) in [5, 5.41) is 0. The number of hydrogen-bond donors (Lipinski definition) is 1. The number of halogens is 1. The van der Waals surface area contributed by atoms with Crippen LogP contribution in [0.2, 0.25) is 0 Å². The first-order valence-corrected chi connectivity index (χ1v) is 9.24. The molecule has 22 heavy (non-hydrogen) atoms. The number of likely N-dealkylation sites (tertiary alicyclic amines) is 1. The number of carbonyl (C=O) groups is 1. The first kappa shape index (κ1) is 17.8. The Morgan fingerprint density at radius 3 is 2.86 bits per heavy atom. The normalized spacial score (nSPS) is 21.7. The molecule has 1 aromatic rings. The summed E-state index contributed by atoms with van der Waals surface area (Å²) in [5.74, 6) is 0.256. The van der Waals surface area contributed by atoms with E-state index in [0.717, 1.165) is 37.1 Å². The number of hydrogen-bond acceptors (Lipinski definition) is 3. The molecule has 0 saturated carbocycles. The van der Waals surface area contributed by atoms with Crippen LogP contribution in [0.3, 0.4) is 0 Å². The summed E-state index contributed by atoms with van der Waals surface area (Å²) in [6.07, 6.45) is 10.6. The van der Waals surface area contributed by atoms with Gasteiger partial charge in [0.05, 0.1) is 4.88 Å². The zero-order valence-electron chi connectivity index (χ0n) is 13.2. The quantitative estimate of drug-likeness (QED) is 0.849. The standard InChI is InChI=1S/C17H26N2OS.ClH/c18-10-9-14-7-4-5-11-19(14)17(20)16-12-13-6-2-1-3-8-15(13)21-16;/h12,14H,1-11,18H2;1H. The van der Waals surface area contributed by atoms with Crippen molar-refractivity contribution < 1.29 is 4.79 Å². The van der Waals surface area contributed by atoms with E-state index in [-0.39, 0.29) is 18.3 Å². The molecule has 2 aliphatic rings. The van der Waals surface area contributed by atoms with Crippen molar-refractivity contribution in [1.82, 2.24) is 4.90 Å². The largest absolute Gasteiger partial charge is 0.335 e. The van der Waals surface area contributed by atoms with Crippen molar-refractivity contribution in [2.24, 2.45) is 5.73 Å². The van der Waals surface area contributed by atoms with E-state index in [4.69, 9.17) is 5.73 Å². The third-order valence-corrected chi connectivity index (χ3v) is 6.07. The second kappa shape index (κ2) is 8.32. The summed E-state index contributed by atoms with van der Waals surface area (Å²) in [4.78, 5) is 17.4. The molecule has 0 radical (unpaired) electrons. The van der Waals surface area contributed by atoms with Crippen molar-refractivity contribution in [3.8, 4) is 0 Å². The molecule has 1 unspecified atom stereocenters. The lowest BCUT2D eigenvalue weighted by atomic mass is 9.99. The highest BCUT2D eigenvalue weighted by Crippen LogP contribution is 2.31. The maximum Gasteiger partial charge on any atom is 0.264 e. The van der Waals surface area contributed by atoms with Gasteiger partial charge in [0, 0.05) is 17.5 Å². The SMILES string of the molecule is Cl.NCCC1CCCCN1C(=O)c1cc2c(s1)CCCCC2. The van der Waals surface area contributed by atoms with Crippen LogP contribution in [0.4, 0.5) is 0 Å². The van der Waals surface area contributed by atoms with Crippen molar-refractivity contribution in [3.63, 3.8) is 0 Å². The number of piperidine rings is 1. The van der Waals surface area contributed by atoms with Gasteiger partial charge in [-0.05, 0) is 69.5 Å². The zero-order chi connectivity index (χ0) is 14.7. The van der Waals surface area contributed by atoms with Gasteiger partial charge in [-0.25, -0.2) is 0 Å². The fourth-order valence-corrected chi connectivity index (χ4v) is 4.88. The van der Waals surface area contributed by atoms with E-state index in [1.54, 1.807) is 11.3 Å². The molecule has 1 amide bonds. The van der Waals surface area contributed by atoms with Crippen molar-refractivity contribution in [1.29, 1.82) is 0 Å². The van der Waals surface area contributed by atoms with Crippen LogP contribution in [0, 0.1) is 0 Å². The molecule has 1 aromatic heterocycles. The lowest BCUT2D eigenvalue weighted by Gasteiger charge is -2.35. The Bertz CT molecular complexity index is 477. The Kier molecular flexibility index (Phi) is 6.72. The van der Waals surface area contributed by atoms with E-state index in [1.165, 1.54) is 42.5 Å². The first-order valence-electron chi connectivity index (χ1n) is 8.42. The Labute approximate surface area is 143 Å². The van der Waals surface area contributed by atoms with Crippen molar-refractivity contribution in [2.75, 3.05) is 13.1 Å². The van der Waals surface area contributed by atoms with Crippen LogP contribution in [-0.4, -0.2) is 29.9 Å². The number of amides is 1. The molecule has 124 valence electrons. The molecule has 5 heteroatoms. The van der Waals surface area contributed by atoms with Crippen molar-refractivity contribution in [3.05, 3.63) is 21.4 Å². The number of carbonyl (C=O) groups excluding carboxylic acids is 1. The highest BCUT2D eigenvalue weighted by atomic mass is 35.5. The van der Waals surface area contributed by atoms with Crippen LogP contribution in [0.5, 0.6) is 0 Å². The summed E-state index contributed by atoms with van der Waals surface area (Å²) in [7, 11) is 0. The fraction of sp³-hybridized carbons (Fsp3) is 0.706. The highest BCUT2D eigenvalue weighted by Gasteiger charge is 2.28. The van der Waals surface area contributed by atoms with E-state index in [9.17, 15) is 4.79 Å². The third-order valence-electron chi connectivity index (χ3n) is 4.85. The lowest BCUT2D eigenvalue weighted by Crippen LogP contribution is -2.44. The van der Waals surface area contributed by atoms with Gasteiger partial charge in [0.1, 0.15) is 0 Å². The summed E-state index contributed by atoms with van der Waals surface area (Å²) in [5.41, 5.74) is 7.16. The van der Waals surface area contributed by atoms with Crippen LogP contribution in [0.25, 0.3) is 0 Å². The monoisotopic (exact) mass is 342 g/mol. The maximum atomic E-state index is 12.9. The minimum absolute atomic E-state index is 0. The molecule has 0 aromatic carbocycles. The zero-order valence-corrected chi connectivity index (χ0v) is 14.8. The molecule has 1 aliphatic heterocycles. The molecule has 1 atom stereocenters. The fourth-order valence-electron chi connectivity index (χ4n) is 3.67. The summed E-state index contributed by atoms with van der Waals surface area (Å²) in [6.45, 7) is 1.58. The molecular formula is C17H27ClN2OS. The van der Waals surface area contributed by atoms with Gasteiger partial charge in [-0.3, -0.25) is 4.79 Å². The van der Waals surface area contributed by atoms with Crippen molar-refractivity contribution in [2.45, 2.75) is 63.8 Å². The van der Waals surface area contributed by atoms with Gasteiger partial charge in [-0.2, -0.15) is 0 Å². The van der Waals surface area contributed by atoms with E-state index in [2.05, 4.69) is 11.0 Å². The van der Waals surface area contributed by atoms with Gasteiger partial charge in [-0.15, -0.1) is 23.7 Å². The average Bonchev–Trinajstić information content (AvgIpc) is 2.78. The highest BCUT2D eigenvalue weighted by molar-refractivity contribution is 7.14. The van der Waals surface area contributed by atoms with Gasteiger partial charge in [0.2, 0.25) is 0 Å². The molecular weight excluding hydrogens is 316 g/mol. The molecule has 0 bridgehead atoms. The molecule has 0 spiro atoms. The van der Waals surface area contributed by atoms with Gasteiger partial charge >= 0.3 is 0 Å². The molecule has 2 heterocycles. The summed E-state index contributed by atoms with van der Waals surface area (Å²) in [6, 6.07) is 2.54. The molecule has 1 aliphatic carbocycles. The minimum atomic E-state index is 0. The minimum Gasteiger partial charge on any atom is -0.335 e. The molecule has 2 N–H and O–H groups in total. The molecule has 1 fully saturated rings. The number of nitrogens with zero attached hydrogens (tertiary/aromatic N) is 1. The van der Waals surface area contributed by atoms with Gasteiger partial charge < -0.3 is 10.6 Å². The van der Waals surface area contributed by atoms with E-state index < -0.39 is 0 Å². The van der Waals surface area contributed by atoms with Crippen LogP contribution >= 0.6 is 23.7 Å². The Balaban J connectivity index is 0.00000176. The number of nitrogens with two attached hydrogens (primary N) is 1. The topological polar surface area (TPSA) is 46.3 Å². The predicted molar refractivity (Wildman–Crippen MR) is 95.2 cm³/mol. The molecule has 3 nitrogen and oxygen atoms in total. The Morgan fingerprint density at radius 1 is 1.23 bits per heavy atom. The van der Waals surface area contributed by atoms with Gasteiger partial charge in [0.25, 0.3) is 5.91 Å². The third kappa shape index (κ3) is 3.84. The second-order valence-electron chi connectivity index (χ2n) is 6.35. The molecule has 3 rings (SSSR count). The van der Waals surface area contributed by atoms with Crippen molar-refractivity contribution >= 4 is 29.7 Å². The van der Waals surface area contributed by atoms with Gasteiger partial charge in [-0.1, -0.05) is 6.42 Å². The number of thiophene rings is 1. The maximum absolute atomic E-state index is 12.9. The Morgan fingerprint density at radius 2 is 2.05 bits per heavy atom. The Hall–Kier alpha value is -0.580. The second-order valence-corrected chi connectivity index (χ2v) is 7.48. The smallest absolute Gasteiger partial charge is 0.264 e. The van der Waals surface area contributed by atoms with Crippen LogP contribution < -0.4 is 5.73 Å². The van der Waals surface area contributed by atoms with Crippen LogP contribution in [0.1, 0.15) is 65.1 Å². The van der Waals surface area contributed by atoms with E-state index in [0.29, 0.717) is 12.6 Å². The van der Waals surface area contributed by atoms with E-state index in [1.807, 2.05) is 0 Å². The first-order chi connectivity index (χ1) is 10.3. The van der Waals surface area contributed by atoms with Crippen LogP contribution in [0.15, 0.2) is 6.07 Å². The predicted octanol–water partition coefficient (Wildman–Crippen LogP) is 3.78. The lowest BCUT2D eigenvalue weighted by molar-refractivity contribution is 0.0610. The van der Waals surface area contributed by atoms with E-state index >= 15 is 0 Å². The van der Waals surface area contributed by atoms with Crippen LogP contribution in [-0.2, 0) is 12.8 Å². The number of aryl methyl sites for hydroxylation is 2. The number of fused-ring (bicyclic) bond motifs is 1. The summed E-state index contributed by atoms with van der Waals surface area (Å²) >= 11 is 1.75.